The lowest BCUT2D eigenvalue weighted by Crippen LogP contribution is -2.15. The molecule has 0 spiro atoms. The minimum absolute atomic E-state index is 0.168. The van der Waals surface area contributed by atoms with Crippen LogP contribution in [-0.2, 0) is 22.6 Å². The van der Waals surface area contributed by atoms with Crippen LogP contribution in [0.1, 0.15) is 40.1 Å². The van der Waals surface area contributed by atoms with E-state index in [4.69, 9.17) is 18.6 Å². The molecular formula is C25H24N2O6S. The molecule has 0 radical (unpaired) electrons. The second-order valence-corrected chi connectivity index (χ2v) is 8.23. The van der Waals surface area contributed by atoms with Crippen molar-refractivity contribution < 1.29 is 28.2 Å². The number of hydrogen-bond donors (Lipinski definition) is 1. The number of hydrogen-bond acceptors (Lipinski definition) is 8. The number of esters is 1. The topological polar surface area (TPSA) is 111 Å². The van der Waals surface area contributed by atoms with Crippen molar-refractivity contribution in [2.45, 2.75) is 26.4 Å². The van der Waals surface area contributed by atoms with Crippen molar-refractivity contribution in [1.82, 2.24) is 0 Å². The van der Waals surface area contributed by atoms with E-state index in [-0.39, 0.29) is 17.7 Å². The number of aryl methyl sites for hydroxylation is 1. The summed E-state index contributed by atoms with van der Waals surface area (Å²) in [5.41, 5.74) is 0.0933. The molecule has 0 bridgehead atoms. The SMILES string of the molecule is CCCc1cc(C(=O)OC)c(NC(=O)/C(C#N)=C\c2ccc(COc3ccc(OC)cc3)o2)s1. The molecule has 9 heteroatoms. The molecule has 8 nitrogen and oxygen atoms in total. The van der Waals surface area contributed by atoms with Crippen LogP contribution in [0.2, 0.25) is 0 Å². The molecule has 0 aliphatic heterocycles. The van der Waals surface area contributed by atoms with Crippen LogP contribution in [0.3, 0.4) is 0 Å². The molecule has 3 aromatic rings. The molecule has 1 aromatic carbocycles. The maximum Gasteiger partial charge on any atom is 0.340 e. The van der Waals surface area contributed by atoms with Gasteiger partial charge in [0.15, 0.2) is 0 Å². The van der Waals surface area contributed by atoms with Gasteiger partial charge < -0.3 is 23.9 Å². The molecule has 176 valence electrons. The third-order valence-electron chi connectivity index (χ3n) is 4.69. The summed E-state index contributed by atoms with van der Waals surface area (Å²) in [5, 5.41) is 12.5. The number of carbonyl (C=O) groups excluding carboxylic acids is 2. The Morgan fingerprint density at radius 1 is 1.15 bits per heavy atom. The third kappa shape index (κ3) is 6.27. The van der Waals surface area contributed by atoms with E-state index in [0.717, 1.165) is 23.5 Å². The van der Waals surface area contributed by atoms with Gasteiger partial charge in [-0.05, 0) is 48.9 Å². The van der Waals surface area contributed by atoms with Gasteiger partial charge in [0.2, 0.25) is 0 Å². The number of furan rings is 1. The Morgan fingerprint density at radius 3 is 2.53 bits per heavy atom. The average molecular weight is 481 g/mol. The molecule has 0 unspecified atom stereocenters. The van der Waals surface area contributed by atoms with E-state index in [1.165, 1.54) is 24.5 Å². The quantitative estimate of drug-likeness (QED) is 0.241. The summed E-state index contributed by atoms with van der Waals surface area (Å²) in [5.74, 6) is 1.02. The molecule has 0 fully saturated rings. The maximum atomic E-state index is 12.7. The molecule has 0 saturated carbocycles. The summed E-state index contributed by atoms with van der Waals surface area (Å²) in [7, 11) is 2.87. The number of anilines is 1. The fourth-order valence-corrected chi connectivity index (χ4v) is 4.14. The zero-order valence-corrected chi connectivity index (χ0v) is 19.9. The molecule has 1 N–H and O–H groups in total. The lowest BCUT2D eigenvalue weighted by atomic mass is 10.2. The number of thiophene rings is 1. The van der Waals surface area contributed by atoms with Gasteiger partial charge in [0.05, 0.1) is 19.8 Å². The number of carbonyl (C=O) groups is 2. The van der Waals surface area contributed by atoms with Gasteiger partial charge in [-0.3, -0.25) is 4.79 Å². The number of benzene rings is 1. The van der Waals surface area contributed by atoms with Crippen LogP contribution in [0.4, 0.5) is 5.00 Å². The minimum Gasteiger partial charge on any atom is -0.497 e. The standard InChI is InChI=1S/C25H24N2O6S/c1-4-5-21-13-22(25(29)31-3)24(34-21)27-23(28)16(14-26)12-19-10-11-20(33-19)15-32-18-8-6-17(30-2)7-9-18/h6-13H,4-5,15H2,1-3H3,(H,27,28)/b16-12-. The Bertz CT molecular complexity index is 1220. The van der Waals surface area contributed by atoms with Crippen molar-refractivity contribution in [3.63, 3.8) is 0 Å². The molecule has 2 heterocycles. The first kappa shape index (κ1) is 24.6. The summed E-state index contributed by atoms with van der Waals surface area (Å²) in [6.45, 7) is 2.19. The van der Waals surface area contributed by atoms with E-state index < -0.39 is 11.9 Å². The molecule has 34 heavy (non-hydrogen) atoms. The predicted molar refractivity (Wildman–Crippen MR) is 128 cm³/mol. The first-order valence-corrected chi connectivity index (χ1v) is 11.3. The molecule has 0 saturated heterocycles. The fraction of sp³-hybridized carbons (Fsp3) is 0.240. The zero-order valence-electron chi connectivity index (χ0n) is 19.0. The summed E-state index contributed by atoms with van der Waals surface area (Å²) < 4.78 is 21.3. The van der Waals surface area contributed by atoms with Crippen LogP contribution in [0, 0.1) is 11.3 Å². The Hall–Kier alpha value is -4.03. The van der Waals surface area contributed by atoms with E-state index in [9.17, 15) is 14.9 Å². The van der Waals surface area contributed by atoms with Crippen molar-refractivity contribution in [3.8, 4) is 17.6 Å². The minimum atomic E-state index is -0.648. The molecule has 0 aliphatic rings. The van der Waals surface area contributed by atoms with E-state index >= 15 is 0 Å². The van der Waals surface area contributed by atoms with Crippen LogP contribution in [0.25, 0.3) is 6.08 Å². The highest BCUT2D eigenvalue weighted by Crippen LogP contribution is 2.30. The lowest BCUT2D eigenvalue weighted by Gasteiger charge is -2.05. The van der Waals surface area contributed by atoms with Crippen LogP contribution in [-0.4, -0.2) is 26.1 Å². The van der Waals surface area contributed by atoms with Crippen LogP contribution in [0.5, 0.6) is 11.5 Å². The van der Waals surface area contributed by atoms with Crippen LogP contribution >= 0.6 is 11.3 Å². The number of ether oxygens (including phenoxy) is 3. The van der Waals surface area contributed by atoms with Gasteiger partial charge in [0.1, 0.15) is 46.3 Å². The Kier molecular flexibility index (Phi) is 8.48. The first-order valence-electron chi connectivity index (χ1n) is 10.5. The van der Waals surface area contributed by atoms with Gasteiger partial charge in [0.25, 0.3) is 5.91 Å². The van der Waals surface area contributed by atoms with Crippen molar-refractivity contribution in [1.29, 1.82) is 5.26 Å². The highest BCUT2D eigenvalue weighted by molar-refractivity contribution is 7.16. The monoisotopic (exact) mass is 480 g/mol. The molecule has 0 aliphatic carbocycles. The Morgan fingerprint density at radius 2 is 1.88 bits per heavy atom. The van der Waals surface area contributed by atoms with E-state index in [1.54, 1.807) is 49.6 Å². The van der Waals surface area contributed by atoms with Gasteiger partial charge >= 0.3 is 5.97 Å². The van der Waals surface area contributed by atoms with Crippen LogP contribution < -0.4 is 14.8 Å². The number of amides is 1. The third-order valence-corrected chi connectivity index (χ3v) is 5.80. The van der Waals surface area contributed by atoms with Crippen molar-refractivity contribution in [2.24, 2.45) is 0 Å². The molecular weight excluding hydrogens is 456 g/mol. The summed E-state index contributed by atoms with van der Waals surface area (Å²) in [6.07, 6.45) is 2.99. The van der Waals surface area contributed by atoms with E-state index in [2.05, 4.69) is 5.32 Å². The summed E-state index contributed by atoms with van der Waals surface area (Å²) in [4.78, 5) is 25.7. The number of methoxy groups -OCH3 is 2. The molecule has 2 aromatic heterocycles. The average Bonchev–Trinajstić information content (AvgIpc) is 3.47. The summed E-state index contributed by atoms with van der Waals surface area (Å²) in [6, 6.07) is 14.0. The normalized spacial score (nSPS) is 10.9. The first-order chi connectivity index (χ1) is 16.5. The van der Waals surface area contributed by atoms with Crippen molar-refractivity contribution in [3.05, 3.63) is 70.0 Å². The second kappa shape index (κ2) is 11.7. The number of nitrogens with zero attached hydrogens (tertiary/aromatic N) is 1. The van der Waals surface area contributed by atoms with Crippen molar-refractivity contribution in [2.75, 3.05) is 19.5 Å². The Balaban J connectivity index is 1.69. The fourth-order valence-electron chi connectivity index (χ4n) is 3.00. The molecule has 3 rings (SSSR count). The van der Waals surface area contributed by atoms with Gasteiger partial charge in [0, 0.05) is 11.0 Å². The number of nitriles is 1. The van der Waals surface area contributed by atoms with Gasteiger partial charge in [-0.2, -0.15) is 5.26 Å². The molecule has 0 atom stereocenters. The van der Waals surface area contributed by atoms with Gasteiger partial charge in [-0.15, -0.1) is 11.3 Å². The summed E-state index contributed by atoms with van der Waals surface area (Å²) >= 11 is 1.28. The highest BCUT2D eigenvalue weighted by Gasteiger charge is 2.20. The molecule has 1 amide bonds. The Labute approximate surface area is 201 Å². The van der Waals surface area contributed by atoms with Crippen molar-refractivity contribution >= 4 is 34.3 Å². The van der Waals surface area contributed by atoms with E-state index in [1.807, 2.05) is 13.0 Å². The highest BCUT2D eigenvalue weighted by atomic mass is 32.1. The maximum absolute atomic E-state index is 12.7. The largest absolute Gasteiger partial charge is 0.497 e. The van der Waals surface area contributed by atoms with Gasteiger partial charge in [-0.1, -0.05) is 13.3 Å². The number of nitrogens with one attached hydrogen (secondary N) is 1. The lowest BCUT2D eigenvalue weighted by molar-refractivity contribution is -0.112. The zero-order chi connectivity index (χ0) is 24.5. The smallest absolute Gasteiger partial charge is 0.340 e. The van der Waals surface area contributed by atoms with Crippen LogP contribution in [0.15, 0.2) is 52.5 Å². The van der Waals surface area contributed by atoms with E-state index in [0.29, 0.717) is 22.3 Å². The number of rotatable bonds is 10. The van der Waals surface area contributed by atoms with Gasteiger partial charge in [-0.25, -0.2) is 4.79 Å². The predicted octanol–water partition coefficient (Wildman–Crippen LogP) is 5.21. The second-order valence-electron chi connectivity index (χ2n) is 7.09.